The highest BCUT2D eigenvalue weighted by atomic mass is 16.4. The molecule has 0 aliphatic heterocycles. The highest BCUT2D eigenvalue weighted by Gasteiger charge is 2.42. The van der Waals surface area contributed by atoms with Gasteiger partial charge < -0.3 is 10.0 Å². The van der Waals surface area contributed by atoms with Crippen molar-refractivity contribution in [2.75, 3.05) is 13.6 Å². The molecular formula is C15H19NO3. The summed E-state index contributed by atoms with van der Waals surface area (Å²) in [5, 5.41) is 8.97. The molecule has 2 unspecified atom stereocenters. The van der Waals surface area contributed by atoms with Gasteiger partial charge in [0.1, 0.15) is 0 Å². The van der Waals surface area contributed by atoms with Crippen molar-refractivity contribution in [1.82, 2.24) is 4.90 Å². The van der Waals surface area contributed by atoms with E-state index >= 15 is 0 Å². The standard InChI is InChI=1S/C15H19NO3/c1-16(10-9-11-5-3-2-4-6-11)14(17)12-7-8-13(12)15(18)19/h2-6,12-13H,7-10H2,1H3,(H,18,19). The Morgan fingerprint density at radius 1 is 1.21 bits per heavy atom. The van der Waals surface area contributed by atoms with Crippen LogP contribution in [0.5, 0.6) is 0 Å². The van der Waals surface area contributed by atoms with Crippen molar-refractivity contribution in [3.05, 3.63) is 35.9 Å². The molecule has 1 N–H and O–H groups in total. The maximum atomic E-state index is 12.1. The summed E-state index contributed by atoms with van der Waals surface area (Å²) in [5.74, 6) is -1.68. The molecule has 1 saturated carbocycles. The molecular weight excluding hydrogens is 242 g/mol. The third-order valence-corrected chi connectivity index (χ3v) is 3.86. The Bertz CT molecular complexity index is 458. The molecule has 0 heterocycles. The van der Waals surface area contributed by atoms with Crippen LogP contribution in [0.15, 0.2) is 30.3 Å². The van der Waals surface area contributed by atoms with Crippen LogP contribution >= 0.6 is 0 Å². The first-order valence-electron chi connectivity index (χ1n) is 6.61. The van der Waals surface area contributed by atoms with E-state index in [1.54, 1.807) is 11.9 Å². The first-order valence-corrected chi connectivity index (χ1v) is 6.61. The molecule has 19 heavy (non-hydrogen) atoms. The lowest BCUT2D eigenvalue weighted by atomic mass is 9.73. The number of hydrogen-bond acceptors (Lipinski definition) is 2. The largest absolute Gasteiger partial charge is 0.481 e. The average molecular weight is 261 g/mol. The second-order valence-electron chi connectivity index (χ2n) is 5.12. The molecule has 4 nitrogen and oxygen atoms in total. The van der Waals surface area contributed by atoms with Gasteiger partial charge in [-0.05, 0) is 24.8 Å². The minimum Gasteiger partial charge on any atom is -0.481 e. The third kappa shape index (κ3) is 3.13. The molecule has 1 aromatic carbocycles. The number of carbonyl (C=O) groups excluding carboxylic acids is 1. The number of carbonyl (C=O) groups is 2. The van der Waals surface area contributed by atoms with Crippen molar-refractivity contribution in [3.8, 4) is 0 Å². The van der Waals surface area contributed by atoms with E-state index in [0.717, 1.165) is 6.42 Å². The van der Waals surface area contributed by atoms with Crippen molar-refractivity contribution in [2.24, 2.45) is 11.8 Å². The molecule has 4 heteroatoms. The fourth-order valence-electron chi connectivity index (χ4n) is 2.43. The van der Waals surface area contributed by atoms with E-state index in [9.17, 15) is 9.59 Å². The summed E-state index contributed by atoms with van der Waals surface area (Å²) in [7, 11) is 1.75. The zero-order valence-corrected chi connectivity index (χ0v) is 11.1. The topological polar surface area (TPSA) is 57.6 Å². The molecule has 1 aromatic rings. The summed E-state index contributed by atoms with van der Waals surface area (Å²) in [6.45, 7) is 0.631. The van der Waals surface area contributed by atoms with Gasteiger partial charge in [0.05, 0.1) is 11.8 Å². The predicted molar refractivity (Wildman–Crippen MR) is 71.6 cm³/mol. The van der Waals surface area contributed by atoms with Crippen LogP contribution in [0.1, 0.15) is 18.4 Å². The SMILES string of the molecule is CN(CCc1ccccc1)C(=O)C1CCC1C(=O)O. The van der Waals surface area contributed by atoms with Gasteiger partial charge in [-0.3, -0.25) is 9.59 Å². The van der Waals surface area contributed by atoms with Crippen LogP contribution in [0.2, 0.25) is 0 Å². The molecule has 0 aromatic heterocycles. The van der Waals surface area contributed by atoms with Crippen LogP contribution in [0.4, 0.5) is 0 Å². The van der Waals surface area contributed by atoms with E-state index < -0.39 is 11.9 Å². The molecule has 2 atom stereocenters. The lowest BCUT2D eigenvalue weighted by molar-refractivity contribution is -0.156. The van der Waals surface area contributed by atoms with E-state index in [1.807, 2.05) is 30.3 Å². The molecule has 0 radical (unpaired) electrons. The molecule has 102 valence electrons. The van der Waals surface area contributed by atoms with Crippen LogP contribution in [0.3, 0.4) is 0 Å². The maximum absolute atomic E-state index is 12.1. The Labute approximate surface area is 113 Å². The first-order chi connectivity index (χ1) is 9.09. The minimum absolute atomic E-state index is 0.0328. The fraction of sp³-hybridized carbons (Fsp3) is 0.467. The Kier molecular flexibility index (Phi) is 4.20. The van der Waals surface area contributed by atoms with Crippen LogP contribution in [-0.2, 0) is 16.0 Å². The van der Waals surface area contributed by atoms with Gasteiger partial charge in [0.15, 0.2) is 0 Å². The lowest BCUT2D eigenvalue weighted by Gasteiger charge is -2.35. The number of carboxylic acids is 1. The van der Waals surface area contributed by atoms with Crippen molar-refractivity contribution in [3.63, 3.8) is 0 Å². The normalized spacial score (nSPS) is 21.5. The van der Waals surface area contributed by atoms with E-state index in [2.05, 4.69) is 0 Å². The molecule has 2 rings (SSSR count). The van der Waals surface area contributed by atoms with Crippen molar-refractivity contribution >= 4 is 11.9 Å². The number of hydrogen-bond donors (Lipinski definition) is 1. The van der Waals surface area contributed by atoms with Gasteiger partial charge in [-0.15, -0.1) is 0 Å². The predicted octanol–water partition coefficient (Wildman–Crippen LogP) is 1.80. The van der Waals surface area contributed by atoms with Gasteiger partial charge in [-0.25, -0.2) is 0 Å². The third-order valence-electron chi connectivity index (χ3n) is 3.86. The van der Waals surface area contributed by atoms with Gasteiger partial charge in [0, 0.05) is 13.6 Å². The summed E-state index contributed by atoms with van der Waals surface area (Å²) in [6.07, 6.45) is 2.12. The monoisotopic (exact) mass is 261 g/mol. The van der Waals surface area contributed by atoms with Crippen molar-refractivity contribution in [2.45, 2.75) is 19.3 Å². The number of carboxylic acid groups (broad SMARTS) is 1. The molecule has 1 aliphatic carbocycles. The number of amides is 1. The molecule has 0 saturated heterocycles. The second kappa shape index (κ2) is 5.87. The highest BCUT2D eigenvalue weighted by Crippen LogP contribution is 2.35. The zero-order chi connectivity index (χ0) is 13.8. The second-order valence-corrected chi connectivity index (χ2v) is 5.12. The number of nitrogens with zero attached hydrogens (tertiary/aromatic N) is 1. The highest BCUT2D eigenvalue weighted by molar-refractivity contribution is 5.86. The molecule has 0 bridgehead atoms. The number of aliphatic carboxylic acids is 1. The maximum Gasteiger partial charge on any atom is 0.307 e. The first kappa shape index (κ1) is 13.6. The molecule has 0 spiro atoms. The number of likely N-dealkylation sites (N-methyl/N-ethyl adjacent to an activating group) is 1. The summed E-state index contributed by atoms with van der Waals surface area (Å²) < 4.78 is 0. The van der Waals surface area contributed by atoms with E-state index in [4.69, 9.17) is 5.11 Å². The quantitative estimate of drug-likeness (QED) is 0.879. The van der Waals surface area contributed by atoms with E-state index in [-0.39, 0.29) is 11.8 Å². The summed E-state index contributed by atoms with van der Waals surface area (Å²) >= 11 is 0. The van der Waals surface area contributed by atoms with Gasteiger partial charge in [0.2, 0.25) is 5.91 Å². The average Bonchev–Trinajstić information content (AvgIpc) is 2.35. The molecule has 1 amide bonds. The van der Waals surface area contributed by atoms with Crippen molar-refractivity contribution in [1.29, 1.82) is 0 Å². The van der Waals surface area contributed by atoms with Crippen LogP contribution < -0.4 is 0 Å². The minimum atomic E-state index is -0.846. The summed E-state index contributed by atoms with van der Waals surface area (Å²) in [4.78, 5) is 24.7. The Balaban J connectivity index is 1.85. The Morgan fingerprint density at radius 2 is 1.84 bits per heavy atom. The van der Waals surface area contributed by atoms with E-state index in [0.29, 0.717) is 19.4 Å². The zero-order valence-electron chi connectivity index (χ0n) is 11.1. The van der Waals surface area contributed by atoms with Crippen LogP contribution in [0.25, 0.3) is 0 Å². The summed E-state index contributed by atoms with van der Waals surface area (Å²) in [6, 6.07) is 9.97. The number of benzene rings is 1. The van der Waals surface area contributed by atoms with Gasteiger partial charge in [-0.1, -0.05) is 30.3 Å². The van der Waals surface area contributed by atoms with Crippen LogP contribution in [-0.4, -0.2) is 35.5 Å². The van der Waals surface area contributed by atoms with E-state index in [1.165, 1.54) is 5.56 Å². The fourth-order valence-corrected chi connectivity index (χ4v) is 2.43. The lowest BCUT2D eigenvalue weighted by Crippen LogP contribution is -2.45. The van der Waals surface area contributed by atoms with Gasteiger partial charge in [-0.2, -0.15) is 0 Å². The smallest absolute Gasteiger partial charge is 0.307 e. The van der Waals surface area contributed by atoms with Crippen LogP contribution in [0, 0.1) is 11.8 Å². The van der Waals surface area contributed by atoms with Gasteiger partial charge in [0.25, 0.3) is 0 Å². The summed E-state index contributed by atoms with van der Waals surface area (Å²) in [5.41, 5.74) is 1.19. The molecule has 1 aliphatic rings. The van der Waals surface area contributed by atoms with Gasteiger partial charge >= 0.3 is 5.97 Å². The number of rotatable bonds is 5. The Hall–Kier alpha value is -1.84. The van der Waals surface area contributed by atoms with Crippen molar-refractivity contribution < 1.29 is 14.7 Å². The Morgan fingerprint density at radius 3 is 2.37 bits per heavy atom. The molecule has 1 fully saturated rings.